The van der Waals surface area contributed by atoms with E-state index in [1.165, 1.54) is 11.3 Å². The van der Waals surface area contributed by atoms with Gasteiger partial charge in [-0.3, -0.25) is 0 Å². The van der Waals surface area contributed by atoms with Gasteiger partial charge in [0, 0.05) is 41.2 Å². The minimum Gasteiger partial charge on any atom is -0.356 e. The van der Waals surface area contributed by atoms with Gasteiger partial charge in [0.15, 0.2) is 0 Å². The number of nitrogens with zero attached hydrogens (tertiary/aromatic N) is 1. The van der Waals surface area contributed by atoms with Gasteiger partial charge in [0.2, 0.25) is 0 Å². The van der Waals surface area contributed by atoms with Crippen LogP contribution >= 0.6 is 0 Å². The fourth-order valence-corrected chi connectivity index (χ4v) is 3.18. The Bertz CT molecular complexity index is 1040. The monoisotopic (exact) mass is 379 g/mol. The van der Waals surface area contributed by atoms with Crippen molar-refractivity contribution >= 4 is 34.1 Å². The number of nitrogens with one attached hydrogen (secondary N) is 2. The molecule has 0 amide bonds. The Morgan fingerprint density at radius 1 is 0.483 bits per heavy atom. The highest BCUT2D eigenvalue weighted by atomic mass is 15.1. The van der Waals surface area contributed by atoms with Crippen molar-refractivity contribution in [1.82, 2.24) is 0 Å². The number of para-hydroxylation sites is 1. The Morgan fingerprint density at radius 2 is 0.862 bits per heavy atom. The molecule has 3 nitrogen and oxygen atoms in total. The first-order valence-corrected chi connectivity index (χ1v) is 9.77. The van der Waals surface area contributed by atoms with Crippen LogP contribution in [0.1, 0.15) is 5.56 Å². The van der Waals surface area contributed by atoms with E-state index >= 15 is 0 Å². The van der Waals surface area contributed by atoms with Crippen molar-refractivity contribution in [3.8, 4) is 0 Å². The fraction of sp³-hybridized carbons (Fsp3) is 0.0769. The molecule has 4 rings (SSSR count). The maximum absolute atomic E-state index is 3.46. The molecule has 0 saturated heterocycles. The highest BCUT2D eigenvalue weighted by molar-refractivity contribution is 5.69. The second-order valence-electron chi connectivity index (χ2n) is 7.13. The number of hydrogen-bond acceptors (Lipinski definition) is 3. The van der Waals surface area contributed by atoms with Crippen molar-refractivity contribution in [2.45, 2.75) is 6.92 Å². The number of benzene rings is 4. The van der Waals surface area contributed by atoms with Crippen LogP contribution < -0.4 is 15.5 Å². The maximum atomic E-state index is 3.46. The summed E-state index contributed by atoms with van der Waals surface area (Å²) in [5.74, 6) is 0. The van der Waals surface area contributed by atoms with Crippen LogP contribution in [0.5, 0.6) is 0 Å². The third-order valence-corrected chi connectivity index (χ3v) is 4.91. The minimum atomic E-state index is 1.06. The smallest absolute Gasteiger partial charge is 0.0409 e. The lowest BCUT2D eigenvalue weighted by molar-refractivity contribution is 1.20. The summed E-state index contributed by atoms with van der Waals surface area (Å²) in [7, 11) is 2.09. The Kier molecular flexibility index (Phi) is 5.48. The van der Waals surface area contributed by atoms with Crippen LogP contribution in [0.15, 0.2) is 103 Å². The van der Waals surface area contributed by atoms with E-state index in [1.54, 1.807) is 0 Å². The van der Waals surface area contributed by atoms with Gasteiger partial charge < -0.3 is 15.5 Å². The molecule has 0 aliphatic heterocycles. The Balaban J connectivity index is 1.40. The maximum Gasteiger partial charge on any atom is 0.0409 e. The first-order chi connectivity index (χ1) is 14.2. The van der Waals surface area contributed by atoms with E-state index in [2.05, 4.69) is 114 Å². The first-order valence-electron chi connectivity index (χ1n) is 9.77. The SMILES string of the molecule is Cc1ccc(N(C)c2ccc(Nc3ccc(Nc4ccccc4)cc3)cc2)cc1. The van der Waals surface area contributed by atoms with Crippen LogP contribution in [0.25, 0.3) is 0 Å². The van der Waals surface area contributed by atoms with E-state index in [-0.39, 0.29) is 0 Å². The van der Waals surface area contributed by atoms with Crippen LogP contribution in [0, 0.1) is 6.92 Å². The average Bonchev–Trinajstić information content (AvgIpc) is 2.76. The fourth-order valence-electron chi connectivity index (χ4n) is 3.18. The predicted molar refractivity (Wildman–Crippen MR) is 125 cm³/mol. The van der Waals surface area contributed by atoms with E-state index in [1.807, 2.05) is 18.2 Å². The molecule has 3 heteroatoms. The molecule has 0 radical (unpaired) electrons. The summed E-state index contributed by atoms with van der Waals surface area (Å²) in [5.41, 5.74) is 7.88. The number of hydrogen-bond donors (Lipinski definition) is 2. The van der Waals surface area contributed by atoms with Gasteiger partial charge in [0.25, 0.3) is 0 Å². The van der Waals surface area contributed by atoms with Gasteiger partial charge in [-0.1, -0.05) is 35.9 Å². The van der Waals surface area contributed by atoms with Crippen molar-refractivity contribution in [2.75, 3.05) is 22.6 Å². The molecular weight excluding hydrogens is 354 g/mol. The van der Waals surface area contributed by atoms with E-state index in [4.69, 9.17) is 0 Å². The zero-order valence-electron chi connectivity index (χ0n) is 16.8. The van der Waals surface area contributed by atoms with Crippen LogP contribution in [0.4, 0.5) is 34.1 Å². The molecule has 2 N–H and O–H groups in total. The molecule has 4 aromatic rings. The Labute approximate surface area is 172 Å². The molecule has 0 aliphatic carbocycles. The van der Waals surface area contributed by atoms with Crippen LogP contribution in [0.2, 0.25) is 0 Å². The number of anilines is 6. The van der Waals surface area contributed by atoms with Crippen molar-refractivity contribution in [1.29, 1.82) is 0 Å². The Morgan fingerprint density at radius 3 is 1.34 bits per heavy atom. The van der Waals surface area contributed by atoms with E-state index in [0.29, 0.717) is 0 Å². The molecule has 0 heterocycles. The summed E-state index contributed by atoms with van der Waals surface area (Å²) < 4.78 is 0. The standard InChI is InChI=1S/C26H25N3/c1-20-8-16-25(17-9-20)29(2)26-18-14-24(15-19-26)28-23-12-10-22(11-13-23)27-21-6-4-3-5-7-21/h3-19,27-28H,1-2H3. The molecule has 0 fully saturated rings. The van der Waals surface area contributed by atoms with Crippen LogP contribution in [-0.4, -0.2) is 7.05 Å². The summed E-state index contributed by atoms with van der Waals surface area (Å²) in [6.45, 7) is 2.11. The van der Waals surface area contributed by atoms with Gasteiger partial charge in [0.1, 0.15) is 0 Å². The molecule has 0 bridgehead atoms. The minimum absolute atomic E-state index is 1.06. The third-order valence-electron chi connectivity index (χ3n) is 4.91. The summed E-state index contributed by atoms with van der Waals surface area (Å²) in [6.07, 6.45) is 0. The second kappa shape index (κ2) is 8.53. The lowest BCUT2D eigenvalue weighted by Gasteiger charge is -2.20. The largest absolute Gasteiger partial charge is 0.356 e. The van der Waals surface area contributed by atoms with Gasteiger partial charge in [-0.25, -0.2) is 0 Å². The summed E-state index contributed by atoms with van der Waals surface area (Å²) in [4.78, 5) is 2.19. The highest BCUT2D eigenvalue weighted by Crippen LogP contribution is 2.27. The van der Waals surface area contributed by atoms with E-state index < -0.39 is 0 Å². The molecular formula is C26H25N3. The van der Waals surface area contributed by atoms with Gasteiger partial charge in [-0.05, 0) is 79.7 Å². The quantitative estimate of drug-likeness (QED) is 0.369. The molecule has 0 aromatic heterocycles. The average molecular weight is 380 g/mol. The second-order valence-corrected chi connectivity index (χ2v) is 7.13. The van der Waals surface area contributed by atoms with Gasteiger partial charge in [-0.15, -0.1) is 0 Å². The predicted octanol–water partition coefficient (Wildman–Crippen LogP) is 7.25. The topological polar surface area (TPSA) is 27.3 Å². The number of aryl methyl sites for hydroxylation is 1. The summed E-state index contributed by atoms with van der Waals surface area (Å²) in [5, 5.41) is 6.86. The zero-order chi connectivity index (χ0) is 20.1. The van der Waals surface area contributed by atoms with Crippen molar-refractivity contribution in [3.05, 3.63) is 109 Å². The summed E-state index contributed by atoms with van der Waals surface area (Å²) >= 11 is 0. The molecule has 0 unspecified atom stereocenters. The molecule has 4 aromatic carbocycles. The summed E-state index contributed by atoms with van der Waals surface area (Å²) in [6, 6.07) is 35.5. The molecule has 144 valence electrons. The molecule has 0 spiro atoms. The zero-order valence-corrected chi connectivity index (χ0v) is 16.8. The van der Waals surface area contributed by atoms with Gasteiger partial charge in [-0.2, -0.15) is 0 Å². The first kappa shape index (κ1) is 18.6. The van der Waals surface area contributed by atoms with Gasteiger partial charge in [0.05, 0.1) is 0 Å². The highest BCUT2D eigenvalue weighted by Gasteiger charge is 2.04. The van der Waals surface area contributed by atoms with Crippen LogP contribution in [-0.2, 0) is 0 Å². The van der Waals surface area contributed by atoms with Crippen LogP contribution in [0.3, 0.4) is 0 Å². The molecule has 0 aliphatic rings. The van der Waals surface area contributed by atoms with Crippen molar-refractivity contribution in [3.63, 3.8) is 0 Å². The van der Waals surface area contributed by atoms with Crippen molar-refractivity contribution < 1.29 is 0 Å². The normalized spacial score (nSPS) is 10.4. The molecule has 29 heavy (non-hydrogen) atoms. The molecule has 0 atom stereocenters. The third kappa shape index (κ3) is 4.77. The van der Waals surface area contributed by atoms with E-state index in [9.17, 15) is 0 Å². The lowest BCUT2D eigenvalue weighted by Crippen LogP contribution is -2.09. The number of rotatable bonds is 6. The van der Waals surface area contributed by atoms with Crippen molar-refractivity contribution in [2.24, 2.45) is 0 Å². The van der Waals surface area contributed by atoms with Gasteiger partial charge >= 0.3 is 0 Å². The Hall–Kier alpha value is -3.72. The van der Waals surface area contributed by atoms with E-state index in [0.717, 1.165) is 28.4 Å². The lowest BCUT2D eigenvalue weighted by atomic mass is 10.2. The molecule has 0 saturated carbocycles.